The van der Waals surface area contributed by atoms with E-state index in [1.165, 1.54) is 12.1 Å². The SMILES string of the molecule is C[C@H]1Oc2cc(NC(=O)NC(C)(C)C)c(F)cc2N([C@@H](C)c2ccccc2)C1=O. The maximum Gasteiger partial charge on any atom is 0.319 e. The van der Waals surface area contributed by atoms with Crippen LogP contribution in [0, 0.1) is 5.82 Å². The van der Waals surface area contributed by atoms with Gasteiger partial charge < -0.3 is 15.4 Å². The van der Waals surface area contributed by atoms with Crippen LogP contribution in [-0.4, -0.2) is 23.6 Å². The number of rotatable bonds is 3. The summed E-state index contributed by atoms with van der Waals surface area (Å²) in [5, 5.41) is 5.23. The van der Waals surface area contributed by atoms with Gasteiger partial charge in [-0.3, -0.25) is 9.69 Å². The number of amides is 3. The summed E-state index contributed by atoms with van der Waals surface area (Å²) in [7, 11) is 0. The van der Waals surface area contributed by atoms with Crippen LogP contribution >= 0.6 is 0 Å². The van der Waals surface area contributed by atoms with Gasteiger partial charge in [-0.2, -0.15) is 0 Å². The second-order valence-corrected chi connectivity index (χ2v) is 8.18. The lowest BCUT2D eigenvalue weighted by Crippen LogP contribution is -2.46. The van der Waals surface area contributed by atoms with Crippen molar-refractivity contribution in [1.29, 1.82) is 0 Å². The standard InChI is InChI=1S/C22H26FN3O3/c1-13(15-9-7-6-8-10-15)26-18-11-16(23)17(24-21(28)25-22(3,4)5)12-19(18)29-14(2)20(26)27/h6-14H,1-5H3,(H2,24,25,28)/t13-,14+/m0/s1. The molecule has 0 saturated carbocycles. The van der Waals surface area contributed by atoms with Crippen molar-refractivity contribution in [1.82, 2.24) is 5.32 Å². The molecule has 0 fully saturated rings. The first-order chi connectivity index (χ1) is 13.6. The quantitative estimate of drug-likeness (QED) is 0.791. The van der Waals surface area contributed by atoms with Gasteiger partial charge >= 0.3 is 6.03 Å². The second kappa shape index (κ2) is 7.73. The van der Waals surface area contributed by atoms with Crippen LogP contribution in [0.1, 0.15) is 46.2 Å². The van der Waals surface area contributed by atoms with Crippen molar-refractivity contribution in [2.45, 2.75) is 52.3 Å². The van der Waals surface area contributed by atoms with Gasteiger partial charge in [0.2, 0.25) is 0 Å². The molecule has 1 aliphatic rings. The van der Waals surface area contributed by atoms with Crippen LogP contribution in [0.5, 0.6) is 5.75 Å². The number of urea groups is 1. The Hall–Kier alpha value is -3.09. The fourth-order valence-corrected chi connectivity index (χ4v) is 3.25. The highest BCUT2D eigenvalue weighted by atomic mass is 19.1. The van der Waals surface area contributed by atoms with Crippen LogP contribution in [0.15, 0.2) is 42.5 Å². The Balaban J connectivity index is 1.96. The van der Waals surface area contributed by atoms with Gasteiger partial charge in [0.05, 0.1) is 17.4 Å². The van der Waals surface area contributed by atoms with Crippen LogP contribution in [0.3, 0.4) is 0 Å². The Kier molecular flexibility index (Phi) is 5.50. The van der Waals surface area contributed by atoms with Gasteiger partial charge in [0.1, 0.15) is 11.6 Å². The van der Waals surface area contributed by atoms with E-state index >= 15 is 0 Å². The third-order valence-corrected chi connectivity index (χ3v) is 4.60. The maximum atomic E-state index is 14.8. The molecule has 0 aromatic heterocycles. The second-order valence-electron chi connectivity index (χ2n) is 8.18. The van der Waals surface area contributed by atoms with Gasteiger partial charge in [-0.15, -0.1) is 0 Å². The molecule has 0 spiro atoms. The van der Waals surface area contributed by atoms with Crippen molar-refractivity contribution in [2.24, 2.45) is 0 Å². The molecule has 0 bridgehead atoms. The molecule has 6 nitrogen and oxygen atoms in total. The molecule has 1 heterocycles. The largest absolute Gasteiger partial charge is 0.479 e. The lowest BCUT2D eigenvalue weighted by atomic mass is 10.0. The summed E-state index contributed by atoms with van der Waals surface area (Å²) in [4.78, 5) is 26.5. The minimum atomic E-state index is -0.727. The minimum absolute atomic E-state index is 0.0145. The molecule has 29 heavy (non-hydrogen) atoms. The highest BCUT2D eigenvalue weighted by Gasteiger charge is 2.36. The monoisotopic (exact) mass is 399 g/mol. The number of carbonyl (C=O) groups is 2. The molecular weight excluding hydrogens is 373 g/mol. The molecule has 0 aliphatic carbocycles. The number of benzene rings is 2. The fourth-order valence-electron chi connectivity index (χ4n) is 3.25. The number of halogens is 1. The van der Waals surface area contributed by atoms with Crippen LogP contribution in [0.2, 0.25) is 0 Å². The number of hydrogen-bond acceptors (Lipinski definition) is 3. The number of ether oxygens (including phenoxy) is 1. The summed E-state index contributed by atoms with van der Waals surface area (Å²) in [6.45, 7) is 9.02. The van der Waals surface area contributed by atoms with Gasteiger partial charge in [0.25, 0.3) is 5.91 Å². The van der Waals surface area contributed by atoms with E-state index in [1.54, 1.807) is 11.8 Å². The molecule has 154 valence electrons. The van der Waals surface area contributed by atoms with E-state index in [-0.39, 0.29) is 17.6 Å². The number of nitrogens with one attached hydrogen (secondary N) is 2. The number of anilines is 2. The summed E-state index contributed by atoms with van der Waals surface area (Å²) in [5.41, 5.74) is 0.782. The predicted molar refractivity (Wildman–Crippen MR) is 111 cm³/mol. The van der Waals surface area contributed by atoms with Crippen molar-refractivity contribution < 1.29 is 18.7 Å². The summed E-state index contributed by atoms with van der Waals surface area (Å²) >= 11 is 0. The average molecular weight is 399 g/mol. The molecule has 7 heteroatoms. The van der Waals surface area contributed by atoms with Gasteiger partial charge in [-0.05, 0) is 40.2 Å². The van der Waals surface area contributed by atoms with Crippen LogP contribution in [0.25, 0.3) is 0 Å². The van der Waals surface area contributed by atoms with E-state index in [2.05, 4.69) is 10.6 Å². The Morgan fingerprint density at radius 1 is 1.21 bits per heavy atom. The lowest BCUT2D eigenvalue weighted by molar-refractivity contribution is -0.126. The Morgan fingerprint density at radius 2 is 1.86 bits per heavy atom. The third-order valence-electron chi connectivity index (χ3n) is 4.60. The first-order valence-corrected chi connectivity index (χ1v) is 9.54. The highest BCUT2D eigenvalue weighted by Crippen LogP contribution is 2.41. The lowest BCUT2D eigenvalue weighted by Gasteiger charge is -2.37. The topological polar surface area (TPSA) is 70.7 Å². The number of nitrogens with zero attached hydrogens (tertiary/aromatic N) is 1. The molecule has 0 saturated heterocycles. The van der Waals surface area contributed by atoms with Crippen LogP contribution in [-0.2, 0) is 4.79 Å². The van der Waals surface area contributed by atoms with Crippen molar-refractivity contribution in [3.8, 4) is 5.75 Å². The molecule has 1 aliphatic heterocycles. The molecule has 0 radical (unpaired) electrons. The van der Waals surface area contributed by atoms with E-state index in [0.717, 1.165) is 5.56 Å². The van der Waals surface area contributed by atoms with E-state index in [1.807, 2.05) is 58.0 Å². The zero-order chi connectivity index (χ0) is 21.3. The van der Waals surface area contributed by atoms with Crippen LogP contribution in [0.4, 0.5) is 20.6 Å². The fraction of sp³-hybridized carbons (Fsp3) is 0.364. The average Bonchev–Trinajstić information content (AvgIpc) is 2.63. The Morgan fingerprint density at radius 3 is 2.48 bits per heavy atom. The van der Waals surface area contributed by atoms with E-state index in [0.29, 0.717) is 11.4 Å². The van der Waals surface area contributed by atoms with Crippen LogP contribution < -0.4 is 20.3 Å². The zero-order valence-electron chi connectivity index (χ0n) is 17.2. The molecule has 2 aromatic rings. The summed E-state index contributed by atoms with van der Waals surface area (Å²) in [6.07, 6.45) is -0.727. The molecule has 3 rings (SSSR count). The van der Waals surface area contributed by atoms with Crippen molar-refractivity contribution in [3.63, 3.8) is 0 Å². The first-order valence-electron chi connectivity index (χ1n) is 9.54. The number of hydrogen-bond donors (Lipinski definition) is 2. The smallest absolute Gasteiger partial charge is 0.319 e. The molecule has 2 aromatic carbocycles. The van der Waals surface area contributed by atoms with E-state index in [9.17, 15) is 14.0 Å². The summed E-state index contributed by atoms with van der Waals surface area (Å²) in [6, 6.07) is 11.3. The number of carbonyl (C=O) groups excluding carboxylic acids is 2. The van der Waals surface area contributed by atoms with Crippen molar-refractivity contribution >= 4 is 23.3 Å². The summed E-state index contributed by atoms with van der Waals surface area (Å²) in [5.74, 6) is -0.559. The molecular formula is C22H26FN3O3. The highest BCUT2D eigenvalue weighted by molar-refractivity contribution is 6.01. The van der Waals surface area contributed by atoms with Crippen molar-refractivity contribution in [2.75, 3.05) is 10.2 Å². The molecule has 2 N–H and O–H groups in total. The van der Waals surface area contributed by atoms with Gasteiger partial charge in [0.15, 0.2) is 6.10 Å². The molecule has 0 unspecified atom stereocenters. The number of fused-ring (bicyclic) bond motifs is 1. The maximum absolute atomic E-state index is 14.8. The molecule has 2 atom stereocenters. The predicted octanol–water partition coefficient (Wildman–Crippen LogP) is 4.62. The van der Waals surface area contributed by atoms with E-state index in [4.69, 9.17) is 4.74 Å². The minimum Gasteiger partial charge on any atom is -0.479 e. The Bertz CT molecular complexity index is 925. The Labute approximate surface area is 170 Å². The molecule has 3 amide bonds. The third kappa shape index (κ3) is 4.50. The van der Waals surface area contributed by atoms with Crippen molar-refractivity contribution in [3.05, 3.63) is 53.8 Å². The van der Waals surface area contributed by atoms with Gasteiger partial charge in [0, 0.05) is 17.7 Å². The first kappa shape index (κ1) is 20.6. The van der Waals surface area contributed by atoms with Gasteiger partial charge in [-0.1, -0.05) is 30.3 Å². The van der Waals surface area contributed by atoms with E-state index < -0.39 is 23.5 Å². The normalized spacial score (nSPS) is 17.2. The van der Waals surface area contributed by atoms with Gasteiger partial charge in [-0.25, -0.2) is 9.18 Å². The summed E-state index contributed by atoms with van der Waals surface area (Å²) < 4.78 is 20.5. The zero-order valence-corrected chi connectivity index (χ0v) is 17.2.